The van der Waals surface area contributed by atoms with Gasteiger partial charge in [-0.25, -0.2) is 0 Å². The van der Waals surface area contributed by atoms with Crippen molar-refractivity contribution in [3.63, 3.8) is 0 Å². The van der Waals surface area contributed by atoms with E-state index in [1.54, 1.807) is 42.5 Å². The summed E-state index contributed by atoms with van der Waals surface area (Å²) >= 11 is 0. The van der Waals surface area contributed by atoms with Gasteiger partial charge in [-0.2, -0.15) is 5.01 Å². The zero-order chi connectivity index (χ0) is 27.3. The van der Waals surface area contributed by atoms with Gasteiger partial charge in [0.2, 0.25) is 5.91 Å². The Balaban J connectivity index is 1.76. The van der Waals surface area contributed by atoms with Gasteiger partial charge in [0.25, 0.3) is 11.6 Å². The van der Waals surface area contributed by atoms with Crippen LogP contribution in [0.1, 0.15) is 36.7 Å². The molecular weight excluding hydrogens is 480 g/mol. The van der Waals surface area contributed by atoms with Crippen molar-refractivity contribution in [1.82, 2.24) is 10.6 Å². The van der Waals surface area contributed by atoms with Crippen LogP contribution in [0.3, 0.4) is 0 Å². The van der Waals surface area contributed by atoms with Gasteiger partial charge in [-0.3, -0.25) is 14.4 Å². The minimum Gasteiger partial charge on any atom is -0.372 e. The first-order valence-corrected chi connectivity index (χ1v) is 12.6. The van der Waals surface area contributed by atoms with E-state index in [1.807, 2.05) is 43.3 Å². The summed E-state index contributed by atoms with van der Waals surface area (Å²) in [4.78, 5) is 41.8. The highest BCUT2D eigenvalue weighted by molar-refractivity contribution is 6.28. The molecule has 38 heavy (non-hydrogen) atoms. The van der Waals surface area contributed by atoms with Crippen molar-refractivity contribution < 1.29 is 14.4 Å². The molecule has 3 aromatic carbocycles. The van der Waals surface area contributed by atoms with E-state index in [4.69, 9.17) is 0 Å². The van der Waals surface area contributed by atoms with E-state index >= 15 is 0 Å². The number of anilines is 3. The fourth-order valence-electron chi connectivity index (χ4n) is 4.31. The molecule has 0 aromatic heterocycles. The molecule has 9 heteroatoms. The monoisotopic (exact) mass is 512 g/mol. The number of nitrogens with zero attached hydrogens (tertiary/aromatic N) is 3. The second-order valence-corrected chi connectivity index (χ2v) is 9.00. The van der Waals surface area contributed by atoms with Crippen LogP contribution in [0.4, 0.5) is 17.1 Å². The summed E-state index contributed by atoms with van der Waals surface area (Å²) < 4.78 is 0. The van der Waals surface area contributed by atoms with Gasteiger partial charge < -0.3 is 20.9 Å². The molecular formula is C29H32N6O3. The number of hydrazone groups is 1. The predicted octanol–water partition coefficient (Wildman–Crippen LogP) is 3.88. The van der Waals surface area contributed by atoms with Gasteiger partial charge in [0.05, 0.1) is 5.69 Å². The Morgan fingerprint density at radius 1 is 0.921 bits per heavy atom. The molecule has 1 heterocycles. The molecule has 3 N–H and O–H groups in total. The van der Waals surface area contributed by atoms with E-state index in [9.17, 15) is 14.4 Å². The second-order valence-electron chi connectivity index (χ2n) is 9.00. The van der Waals surface area contributed by atoms with Crippen molar-refractivity contribution in [2.24, 2.45) is 5.10 Å². The van der Waals surface area contributed by atoms with E-state index < -0.39 is 23.4 Å². The molecule has 196 valence electrons. The third kappa shape index (κ3) is 5.36. The number of aryl methyl sites for hydroxylation is 1. The summed E-state index contributed by atoms with van der Waals surface area (Å²) in [6.45, 7) is 9.12. The Hall–Kier alpha value is -4.66. The zero-order valence-electron chi connectivity index (χ0n) is 22.0. The van der Waals surface area contributed by atoms with Crippen LogP contribution in [0.2, 0.25) is 0 Å². The summed E-state index contributed by atoms with van der Waals surface area (Å²) in [6, 6.07) is 23.4. The van der Waals surface area contributed by atoms with E-state index in [2.05, 4.69) is 39.8 Å². The molecule has 1 aliphatic rings. The second kappa shape index (κ2) is 11.2. The summed E-state index contributed by atoms with van der Waals surface area (Å²) in [5.41, 5.74) is 1.64. The molecule has 3 amide bonds. The molecule has 9 nitrogen and oxygen atoms in total. The molecule has 1 atom stereocenters. The average Bonchev–Trinajstić information content (AvgIpc) is 3.16. The molecule has 0 saturated carbocycles. The number of rotatable bonds is 8. The zero-order valence-corrected chi connectivity index (χ0v) is 22.0. The lowest BCUT2D eigenvalue weighted by Crippen LogP contribution is -2.67. The van der Waals surface area contributed by atoms with Crippen LogP contribution in [-0.2, 0) is 9.59 Å². The van der Waals surface area contributed by atoms with E-state index in [0.29, 0.717) is 16.9 Å². The quantitative estimate of drug-likeness (QED) is 0.397. The summed E-state index contributed by atoms with van der Waals surface area (Å²) in [6.07, 6.45) is 0. The Morgan fingerprint density at radius 3 is 2.13 bits per heavy atom. The first-order valence-electron chi connectivity index (χ1n) is 12.6. The van der Waals surface area contributed by atoms with Gasteiger partial charge in [-0.15, -0.1) is 5.10 Å². The van der Waals surface area contributed by atoms with E-state index in [-0.39, 0.29) is 5.84 Å². The summed E-state index contributed by atoms with van der Waals surface area (Å²) in [7, 11) is 0. The molecule has 0 fully saturated rings. The Labute approximate surface area is 222 Å². The third-order valence-corrected chi connectivity index (χ3v) is 6.31. The molecule has 1 aliphatic heterocycles. The van der Waals surface area contributed by atoms with Gasteiger partial charge >= 0.3 is 5.91 Å². The summed E-state index contributed by atoms with van der Waals surface area (Å²) in [5.74, 6) is -1.54. The van der Waals surface area contributed by atoms with Crippen LogP contribution < -0.4 is 25.9 Å². The molecule has 0 radical (unpaired) electrons. The van der Waals surface area contributed by atoms with Crippen LogP contribution in [0.5, 0.6) is 0 Å². The Morgan fingerprint density at radius 2 is 1.55 bits per heavy atom. The Kier molecular flexibility index (Phi) is 7.76. The molecule has 0 aliphatic carbocycles. The maximum atomic E-state index is 14.0. The van der Waals surface area contributed by atoms with Crippen molar-refractivity contribution in [1.29, 1.82) is 0 Å². The maximum Gasteiger partial charge on any atom is 0.302 e. The highest BCUT2D eigenvalue weighted by Gasteiger charge is 2.54. The van der Waals surface area contributed by atoms with Gasteiger partial charge in [0.15, 0.2) is 5.84 Å². The normalized spacial score (nSPS) is 16.6. The molecule has 1 unspecified atom stereocenters. The lowest BCUT2D eigenvalue weighted by Gasteiger charge is -2.32. The smallest absolute Gasteiger partial charge is 0.302 e. The summed E-state index contributed by atoms with van der Waals surface area (Å²) in [5, 5.41) is 14.3. The first kappa shape index (κ1) is 26.4. The van der Waals surface area contributed by atoms with Crippen molar-refractivity contribution in [2.45, 2.75) is 33.4 Å². The van der Waals surface area contributed by atoms with Crippen molar-refractivity contribution in [3.8, 4) is 0 Å². The van der Waals surface area contributed by atoms with Crippen LogP contribution in [-0.4, -0.2) is 42.3 Å². The van der Waals surface area contributed by atoms with Gasteiger partial charge in [-0.1, -0.05) is 35.9 Å². The average molecular weight is 513 g/mol. The lowest BCUT2D eigenvalue weighted by molar-refractivity contribution is -0.127. The Bertz CT molecular complexity index is 1330. The number of nitrogens with one attached hydrogen (secondary N) is 3. The number of carbonyl (C=O) groups is 3. The van der Waals surface area contributed by atoms with Crippen LogP contribution in [0.25, 0.3) is 0 Å². The first-order chi connectivity index (χ1) is 18.3. The standard InChI is InChI=1S/C29H32N6O3/c1-5-34(6-2)24-18-14-23(15-19-24)32-29(31-21(4)36)27(30-26(37)22-10-8-7-9-11-22)33-35(28(29)38)25-16-12-20(3)13-17-25/h7-19,32H,5-6H2,1-4H3,(H,31,36)(H,30,33,37). The molecule has 0 spiro atoms. The topological polar surface area (TPSA) is 106 Å². The lowest BCUT2D eigenvalue weighted by atomic mass is 10.1. The fourth-order valence-corrected chi connectivity index (χ4v) is 4.31. The van der Waals surface area contributed by atoms with Crippen molar-refractivity contribution >= 4 is 40.6 Å². The molecule has 0 saturated heterocycles. The van der Waals surface area contributed by atoms with Crippen LogP contribution in [0, 0.1) is 6.92 Å². The molecule has 4 rings (SSSR count). The highest BCUT2D eigenvalue weighted by atomic mass is 16.2. The maximum absolute atomic E-state index is 14.0. The largest absolute Gasteiger partial charge is 0.372 e. The predicted molar refractivity (Wildman–Crippen MR) is 150 cm³/mol. The number of carbonyl (C=O) groups excluding carboxylic acids is 3. The fraction of sp³-hybridized carbons (Fsp3) is 0.241. The van der Waals surface area contributed by atoms with Crippen LogP contribution >= 0.6 is 0 Å². The van der Waals surface area contributed by atoms with Crippen molar-refractivity contribution in [2.75, 3.05) is 28.3 Å². The third-order valence-electron chi connectivity index (χ3n) is 6.31. The minimum absolute atomic E-state index is 0.0417. The number of amidine groups is 1. The molecule has 3 aromatic rings. The number of hydrogen-bond acceptors (Lipinski definition) is 6. The number of hydrogen-bond donors (Lipinski definition) is 3. The van der Waals surface area contributed by atoms with E-state index in [0.717, 1.165) is 24.3 Å². The van der Waals surface area contributed by atoms with Gasteiger partial charge in [-0.05, 0) is 69.3 Å². The highest BCUT2D eigenvalue weighted by Crippen LogP contribution is 2.29. The minimum atomic E-state index is -1.85. The van der Waals surface area contributed by atoms with E-state index in [1.165, 1.54) is 11.9 Å². The number of benzene rings is 3. The van der Waals surface area contributed by atoms with Gasteiger partial charge in [0, 0.05) is 37.0 Å². The SMILES string of the molecule is CCN(CC)c1ccc(NC2(NC(C)=O)C(=O)N(c3ccc(C)cc3)N=C2NC(=O)c2ccccc2)cc1. The molecule has 0 bridgehead atoms. The van der Waals surface area contributed by atoms with Crippen LogP contribution in [0.15, 0.2) is 84.0 Å². The number of amides is 3. The van der Waals surface area contributed by atoms with Crippen molar-refractivity contribution in [3.05, 3.63) is 90.0 Å². The van der Waals surface area contributed by atoms with Gasteiger partial charge in [0.1, 0.15) is 0 Å².